The second-order valence-electron chi connectivity index (χ2n) is 4.33. The van der Waals surface area contributed by atoms with Gasteiger partial charge in [0.2, 0.25) is 0 Å². The molecule has 0 aliphatic rings. The Morgan fingerprint density at radius 1 is 0.947 bits per heavy atom. The summed E-state index contributed by atoms with van der Waals surface area (Å²) in [5.41, 5.74) is 2.28. The summed E-state index contributed by atoms with van der Waals surface area (Å²) in [4.78, 5) is 0. The SMILES string of the molecule is N#CCCC(c1ccccc1)c1ccc(Cl)c(Cl)c1. The van der Waals surface area contributed by atoms with Crippen LogP contribution in [0.2, 0.25) is 10.0 Å². The molecule has 2 aromatic carbocycles. The molecule has 2 aromatic rings. The van der Waals surface area contributed by atoms with Gasteiger partial charge < -0.3 is 0 Å². The van der Waals surface area contributed by atoms with Gasteiger partial charge in [-0.3, -0.25) is 0 Å². The topological polar surface area (TPSA) is 23.8 Å². The number of nitrogens with zero attached hydrogens (tertiary/aromatic N) is 1. The van der Waals surface area contributed by atoms with Crippen LogP contribution in [0.1, 0.15) is 29.9 Å². The van der Waals surface area contributed by atoms with Crippen molar-refractivity contribution in [3.05, 3.63) is 69.7 Å². The minimum absolute atomic E-state index is 0.176. The largest absolute Gasteiger partial charge is 0.198 e. The van der Waals surface area contributed by atoms with Crippen molar-refractivity contribution in [3.63, 3.8) is 0 Å². The molecule has 1 nitrogen and oxygen atoms in total. The van der Waals surface area contributed by atoms with Gasteiger partial charge in [0, 0.05) is 12.3 Å². The average Bonchev–Trinajstić information content (AvgIpc) is 2.44. The quantitative estimate of drug-likeness (QED) is 0.736. The summed E-state index contributed by atoms with van der Waals surface area (Å²) < 4.78 is 0. The van der Waals surface area contributed by atoms with E-state index in [9.17, 15) is 0 Å². The van der Waals surface area contributed by atoms with Crippen LogP contribution in [0, 0.1) is 11.3 Å². The number of rotatable bonds is 4. The van der Waals surface area contributed by atoms with Crippen LogP contribution in [-0.2, 0) is 0 Å². The van der Waals surface area contributed by atoms with E-state index in [1.54, 1.807) is 0 Å². The molecule has 0 radical (unpaired) electrons. The van der Waals surface area contributed by atoms with E-state index in [1.165, 1.54) is 5.56 Å². The maximum Gasteiger partial charge on any atom is 0.0622 e. The zero-order chi connectivity index (χ0) is 13.7. The lowest BCUT2D eigenvalue weighted by molar-refractivity contribution is 0.733. The lowest BCUT2D eigenvalue weighted by atomic mass is 9.88. The minimum Gasteiger partial charge on any atom is -0.198 e. The molecule has 1 unspecified atom stereocenters. The van der Waals surface area contributed by atoms with Gasteiger partial charge in [-0.05, 0) is 29.7 Å². The molecule has 0 bridgehead atoms. The van der Waals surface area contributed by atoms with Crippen LogP contribution in [0.15, 0.2) is 48.5 Å². The predicted octanol–water partition coefficient (Wildman–Crippen LogP) is 5.43. The lowest BCUT2D eigenvalue weighted by Gasteiger charge is -2.17. The highest BCUT2D eigenvalue weighted by atomic mass is 35.5. The number of hydrogen-bond acceptors (Lipinski definition) is 1. The first-order valence-electron chi connectivity index (χ1n) is 6.09. The molecule has 0 N–H and O–H groups in total. The molecule has 0 saturated heterocycles. The van der Waals surface area contributed by atoms with Crippen molar-refractivity contribution in [2.75, 3.05) is 0 Å². The van der Waals surface area contributed by atoms with E-state index in [2.05, 4.69) is 18.2 Å². The molecule has 0 aliphatic carbocycles. The molecule has 0 saturated carbocycles. The van der Waals surface area contributed by atoms with E-state index >= 15 is 0 Å². The minimum atomic E-state index is 0.176. The van der Waals surface area contributed by atoms with Gasteiger partial charge in [-0.2, -0.15) is 5.26 Å². The van der Waals surface area contributed by atoms with Gasteiger partial charge in [0.05, 0.1) is 16.1 Å². The second kappa shape index (κ2) is 6.61. The molecule has 0 spiro atoms. The van der Waals surface area contributed by atoms with Crippen molar-refractivity contribution in [1.29, 1.82) is 5.26 Å². The number of benzene rings is 2. The van der Waals surface area contributed by atoms with Crippen LogP contribution in [0.25, 0.3) is 0 Å². The monoisotopic (exact) mass is 289 g/mol. The zero-order valence-electron chi connectivity index (χ0n) is 10.3. The normalized spacial score (nSPS) is 11.8. The maximum atomic E-state index is 8.81. The standard InChI is InChI=1S/C16H13Cl2N/c17-15-9-8-13(11-16(15)18)14(7-4-10-19)12-5-2-1-3-6-12/h1-3,5-6,8-9,11,14H,4,7H2. The average molecular weight is 290 g/mol. The van der Waals surface area contributed by atoms with E-state index in [4.69, 9.17) is 28.5 Å². The van der Waals surface area contributed by atoms with Crippen molar-refractivity contribution in [2.24, 2.45) is 0 Å². The van der Waals surface area contributed by atoms with Gasteiger partial charge >= 0.3 is 0 Å². The van der Waals surface area contributed by atoms with Crippen LogP contribution in [0.3, 0.4) is 0 Å². The molecular formula is C16H13Cl2N. The van der Waals surface area contributed by atoms with Gasteiger partial charge in [-0.15, -0.1) is 0 Å². The first kappa shape index (κ1) is 13.9. The second-order valence-corrected chi connectivity index (χ2v) is 5.15. The van der Waals surface area contributed by atoms with Crippen LogP contribution >= 0.6 is 23.2 Å². The van der Waals surface area contributed by atoms with Gasteiger partial charge in [0.25, 0.3) is 0 Å². The van der Waals surface area contributed by atoms with Crippen LogP contribution in [0.5, 0.6) is 0 Å². The molecule has 1 atom stereocenters. The highest BCUT2D eigenvalue weighted by Crippen LogP contribution is 2.33. The van der Waals surface area contributed by atoms with Crippen molar-refractivity contribution in [3.8, 4) is 6.07 Å². The molecule has 0 amide bonds. The first-order chi connectivity index (χ1) is 9.22. The van der Waals surface area contributed by atoms with E-state index in [0.29, 0.717) is 16.5 Å². The van der Waals surface area contributed by atoms with Crippen LogP contribution in [-0.4, -0.2) is 0 Å². The van der Waals surface area contributed by atoms with Gasteiger partial charge in [-0.1, -0.05) is 59.6 Å². The third kappa shape index (κ3) is 3.50. The van der Waals surface area contributed by atoms with Gasteiger partial charge in [0.15, 0.2) is 0 Å². The molecule has 19 heavy (non-hydrogen) atoms. The Kier molecular flexibility index (Phi) is 4.85. The fraction of sp³-hybridized carbons (Fsp3) is 0.188. The van der Waals surface area contributed by atoms with E-state index < -0.39 is 0 Å². The summed E-state index contributed by atoms with van der Waals surface area (Å²) >= 11 is 12.0. The third-order valence-electron chi connectivity index (χ3n) is 3.09. The van der Waals surface area contributed by atoms with Crippen molar-refractivity contribution in [2.45, 2.75) is 18.8 Å². The van der Waals surface area contributed by atoms with E-state index in [1.807, 2.05) is 36.4 Å². The predicted molar refractivity (Wildman–Crippen MR) is 79.6 cm³/mol. The fourth-order valence-electron chi connectivity index (χ4n) is 2.15. The van der Waals surface area contributed by atoms with E-state index in [-0.39, 0.29) is 5.92 Å². The Morgan fingerprint density at radius 2 is 1.68 bits per heavy atom. The summed E-state index contributed by atoms with van der Waals surface area (Å²) in [5.74, 6) is 0.176. The summed E-state index contributed by atoms with van der Waals surface area (Å²) in [6, 6.07) is 18.0. The number of hydrogen-bond donors (Lipinski definition) is 0. The van der Waals surface area contributed by atoms with Crippen LogP contribution in [0.4, 0.5) is 0 Å². The summed E-state index contributed by atoms with van der Waals surface area (Å²) in [5, 5.41) is 9.92. The third-order valence-corrected chi connectivity index (χ3v) is 3.83. The molecule has 2 rings (SSSR count). The molecule has 0 aliphatic heterocycles. The molecule has 96 valence electrons. The van der Waals surface area contributed by atoms with Crippen LogP contribution < -0.4 is 0 Å². The Morgan fingerprint density at radius 3 is 2.32 bits per heavy atom. The lowest BCUT2D eigenvalue weighted by Crippen LogP contribution is -2.01. The molecule has 3 heteroatoms. The molecule has 0 aromatic heterocycles. The van der Waals surface area contributed by atoms with Crippen molar-refractivity contribution in [1.82, 2.24) is 0 Å². The number of halogens is 2. The van der Waals surface area contributed by atoms with Gasteiger partial charge in [0.1, 0.15) is 0 Å². The smallest absolute Gasteiger partial charge is 0.0622 e. The maximum absolute atomic E-state index is 8.81. The zero-order valence-corrected chi connectivity index (χ0v) is 11.8. The Balaban J connectivity index is 2.37. The Labute approximate surface area is 123 Å². The summed E-state index contributed by atoms with van der Waals surface area (Å²) in [6.07, 6.45) is 1.29. The summed E-state index contributed by atoms with van der Waals surface area (Å²) in [6.45, 7) is 0. The van der Waals surface area contributed by atoms with Crippen molar-refractivity contribution < 1.29 is 0 Å². The Hall–Kier alpha value is -1.49. The van der Waals surface area contributed by atoms with E-state index in [0.717, 1.165) is 12.0 Å². The molecule has 0 fully saturated rings. The number of nitriles is 1. The van der Waals surface area contributed by atoms with Crippen molar-refractivity contribution >= 4 is 23.2 Å². The molecule has 0 heterocycles. The highest BCUT2D eigenvalue weighted by molar-refractivity contribution is 6.42. The highest BCUT2D eigenvalue weighted by Gasteiger charge is 2.14. The molecular weight excluding hydrogens is 277 g/mol. The Bertz CT molecular complexity index is 587. The first-order valence-corrected chi connectivity index (χ1v) is 6.85. The summed E-state index contributed by atoms with van der Waals surface area (Å²) in [7, 11) is 0. The van der Waals surface area contributed by atoms with Gasteiger partial charge in [-0.25, -0.2) is 0 Å². The fourth-order valence-corrected chi connectivity index (χ4v) is 2.46.